The van der Waals surface area contributed by atoms with Crippen LogP contribution in [0.4, 0.5) is 0 Å². The smallest absolute Gasteiger partial charge is 0.222 e. The molecule has 1 amide bonds. The van der Waals surface area contributed by atoms with Crippen LogP contribution < -0.4 is 0 Å². The molecule has 1 aliphatic rings. The maximum Gasteiger partial charge on any atom is 0.222 e. The van der Waals surface area contributed by atoms with Crippen molar-refractivity contribution in [3.05, 3.63) is 0 Å². The molecule has 1 saturated heterocycles. The zero-order chi connectivity index (χ0) is 12.1. The maximum atomic E-state index is 11.3. The topological polar surface area (TPSA) is 20.3 Å². The highest BCUT2D eigenvalue weighted by molar-refractivity contribution is 5.76. The van der Waals surface area contributed by atoms with E-state index in [4.69, 9.17) is 0 Å². The highest BCUT2D eigenvalue weighted by Crippen LogP contribution is 2.10. The van der Waals surface area contributed by atoms with Gasteiger partial charge in [-0.25, -0.2) is 0 Å². The predicted octanol–water partition coefficient (Wildman–Crippen LogP) is 3.85. The molecule has 0 aliphatic carbocycles. The van der Waals surface area contributed by atoms with Gasteiger partial charge in [-0.15, -0.1) is 0 Å². The fourth-order valence-electron chi connectivity index (χ4n) is 1.52. The minimum atomic E-state index is 0.354. The summed E-state index contributed by atoms with van der Waals surface area (Å²) in [5.41, 5.74) is 0. The van der Waals surface area contributed by atoms with Gasteiger partial charge in [-0.3, -0.25) is 4.79 Å². The molecule has 2 heteroatoms. The average Bonchev–Trinajstić information content (AvgIpc) is 2.36. The van der Waals surface area contributed by atoms with Gasteiger partial charge in [-0.1, -0.05) is 34.6 Å². The Bertz CT molecular complexity index is 128. The van der Waals surface area contributed by atoms with Gasteiger partial charge in [0.1, 0.15) is 0 Å². The van der Waals surface area contributed by atoms with Gasteiger partial charge >= 0.3 is 0 Å². The lowest BCUT2D eigenvalue weighted by Crippen LogP contribution is -2.35. The van der Waals surface area contributed by atoms with Crippen molar-refractivity contribution in [2.75, 3.05) is 13.1 Å². The van der Waals surface area contributed by atoms with E-state index in [1.165, 1.54) is 19.3 Å². The average molecular weight is 215 g/mol. The molecule has 0 aromatic rings. The second-order valence-electron chi connectivity index (χ2n) is 3.19. The van der Waals surface area contributed by atoms with Crippen molar-refractivity contribution in [1.82, 2.24) is 4.90 Å². The van der Waals surface area contributed by atoms with Gasteiger partial charge in [0.25, 0.3) is 0 Å². The van der Waals surface area contributed by atoms with E-state index in [9.17, 15) is 4.79 Å². The third kappa shape index (κ3) is 8.46. The molecule has 0 spiro atoms. The summed E-state index contributed by atoms with van der Waals surface area (Å²) in [5.74, 6) is 0.354. The van der Waals surface area contributed by atoms with Gasteiger partial charge in [0.15, 0.2) is 0 Å². The van der Waals surface area contributed by atoms with E-state index in [0.29, 0.717) is 5.91 Å². The van der Waals surface area contributed by atoms with E-state index in [0.717, 1.165) is 25.9 Å². The molecule has 0 N–H and O–H groups in total. The molecule has 1 fully saturated rings. The van der Waals surface area contributed by atoms with Crippen LogP contribution in [-0.2, 0) is 4.79 Å². The fraction of sp³-hybridized carbons (Fsp3) is 0.923. The zero-order valence-electron chi connectivity index (χ0n) is 11.3. The van der Waals surface area contributed by atoms with Crippen LogP contribution in [0, 0.1) is 0 Å². The molecule has 1 heterocycles. The monoisotopic (exact) mass is 215 g/mol. The summed E-state index contributed by atoms with van der Waals surface area (Å²) in [5, 5.41) is 0. The zero-order valence-corrected chi connectivity index (χ0v) is 11.3. The summed E-state index contributed by atoms with van der Waals surface area (Å²) < 4.78 is 0. The summed E-state index contributed by atoms with van der Waals surface area (Å²) in [6.45, 7) is 12.1. The van der Waals surface area contributed by atoms with Gasteiger partial charge in [0, 0.05) is 19.5 Å². The number of hydrogen-bond acceptors (Lipinski definition) is 1. The largest absolute Gasteiger partial charge is 0.343 e. The number of hydrogen-bond donors (Lipinski definition) is 0. The van der Waals surface area contributed by atoms with Crippen LogP contribution in [0.25, 0.3) is 0 Å². The third-order valence-corrected chi connectivity index (χ3v) is 2.17. The Morgan fingerprint density at radius 3 is 1.87 bits per heavy atom. The lowest BCUT2D eigenvalue weighted by Gasteiger charge is -2.26. The molecule has 0 atom stereocenters. The van der Waals surface area contributed by atoms with Crippen LogP contribution in [0.15, 0.2) is 0 Å². The highest BCUT2D eigenvalue weighted by atomic mass is 16.2. The molecule has 0 aromatic carbocycles. The Labute approximate surface area is 96.0 Å². The van der Waals surface area contributed by atoms with Crippen LogP contribution in [0.2, 0.25) is 0 Å². The molecule has 1 rings (SSSR count). The fourth-order valence-corrected chi connectivity index (χ4v) is 1.52. The number of carbonyl (C=O) groups excluding carboxylic acids is 1. The SMILES string of the molecule is CC.CC.CCCC(=O)N1CCCCC1. The molecule has 0 bridgehead atoms. The predicted molar refractivity (Wildman–Crippen MR) is 68.0 cm³/mol. The van der Waals surface area contributed by atoms with Gasteiger partial charge in [0.2, 0.25) is 5.91 Å². The van der Waals surface area contributed by atoms with Crippen LogP contribution >= 0.6 is 0 Å². The number of piperidine rings is 1. The van der Waals surface area contributed by atoms with Gasteiger partial charge < -0.3 is 4.90 Å². The molecule has 1 aliphatic heterocycles. The van der Waals surface area contributed by atoms with E-state index in [1.54, 1.807) is 0 Å². The molecule has 0 radical (unpaired) electrons. The number of rotatable bonds is 2. The van der Waals surface area contributed by atoms with Crippen LogP contribution in [0.5, 0.6) is 0 Å². The number of likely N-dealkylation sites (tertiary alicyclic amines) is 1. The molecule has 2 nitrogen and oxygen atoms in total. The first-order valence-corrected chi connectivity index (χ1v) is 6.62. The Balaban J connectivity index is 0. The number of carbonyl (C=O) groups is 1. The molecule has 92 valence electrons. The van der Waals surface area contributed by atoms with Crippen molar-refractivity contribution in [1.29, 1.82) is 0 Å². The Morgan fingerprint density at radius 2 is 1.47 bits per heavy atom. The van der Waals surface area contributed by atoms with E-state index < -0.39 is 0 Å². The van der Waals surface area contributed by atoms with Gasteiger partial charge in [0.05, 0.1) is 0 Å². The summed E-state index contributed by atoms with van der Waals surface area (Å²) in [6, 6.07) is 0. The lowest BCUT2D eigenvalue weighted by atomic mass is 10.1. The molecule has 15 heavy (non-hydrogen) atoms. The minimum Gasteiger partial charge on any atom is -0.343 e. The summed E-state index contributed by atoms with van der Waals surface area (Å²) >= 11 is 0. The quantitative estimate of drug-likeness (QED) is 0.685. The van der Waals surface area contributed by atoms with E-state index >= 15 is 0 Å². The van der Waals surface area contributed by atoms with Crippen molar-refractivity contribution in [3.8, 4) is 0 Å². The van der Waals surface area contributed by atoms with Crippen LogP contribution in [-0.4, -0.2) is 23.9 Å². The van der Waals surface area contributed by atoms with Crippen molar-refractivity contribution in [2.45, 2.75) is 66.7 Å². The number of amides is 1. The molecule has 0 unspecified atom stereocenters. The molecule has 0 saturated carbocycles. The normalized spacial score (nSPS) is 14.3. The number of nitrogens with zero attached hydrogens (tertiary/aromatic N) is 1. The van der Waals surface area contributed by atoms with Gasteiger partial charge in [-0.05, 0) is 25.7 Å². The van der Waals surface area contributed by atoms with Gasteiger partial charge in [-0.2, -0.15) is 0 Å². The highest BCUT2D eigenvalue weighted by Gasteiger charge is 2.14. The van der Waals surface area contributed by atoms with Crippen molar-refractivity contribution >= 4 is 5.91 Å². The van der Waals surface area contributed by atoms with E-state index in [1.807, 2.05) is 32.6 Å². The van der Waals surface area contributed by atoms with Crippen LogP contribution in [0.1, 0.15) is 66.7 Å². The second kappa shape index (κ2) is 13.5. The summed E-state index contributed by atoms with van der Waals surface area (Å²) in [7, 11) is 0. The molecule has 0 aromatic heterocycles. The Kier molecular flexibility index (Phi) is 15.2. The first-order chi connectivity index (χ1) is 7.34. The van der Waals surface area contributed by atoms with Crippen molar-refractivity contribution in [3.63, 3.8) is 0 Å². The Hall–Kier alpha value is -0.530. The summed E-state index contributed by atoms with van der Waals surface area (Å²) in [4.78, 5) is 13.3. The standard InChI is InChI=1S/C9H17NO.2C2H6/c1-2-6-9(11)10-7-4-3-5-8-10;2*1-2/h2-8H2,1H3;2*1-2H3. The third-order valence-electron chi connectivity index (χ3n) is 2.17. The minimum absolute atomic E-state index is 0.354. The second-order valence-corrected chi connectivity index (χ2v) is 3.19. The lowest BCUT2D eigenvalue weighted by molar-refractivity contribution is -0.132. The first-order valence-electron chi connectivity index (χ1n) is 6.62. The van der Waals surface area contributed by atoms with Crippen LogP contribution in [0.3, 0.4) is 0 Å². The van der Waals surface area contributed by atoms with E-state index in [-0.39, 0.29) is 0 Å². The first kappa shape index (κ1) is 16.9. The van der Waals surface area contributed by atoms with E-state index in [2.05, 4.69) is 6.92 Å². The molecular weight excluding hydrogens is 186 g/mol. The molecular formula is C13H29NO. The van der Waals surface area contributed by atoms with Crippen molar-refractivity contribution < 1.29 is 4.79 Å². The summed E-state index contributed by atoms with van der Waals surface area (Å²) in [6.07, 6.45) is 5.43. The maximum absolute atomic E-state index is 11.3. The Morgan fingerprint density at radius 1 is 1.00 bits per heavy atom. The van der Waals surface area contributed by atoms with Crippen molar-refractivity contribution in [2.24, 2.45) is 0 Å².